The van der Waals surface area contributed by atoms with E-state index in [1.54, 1.807) is 30.3 Å². The van der Waals surface area contributed by atoms with E-state index < -0.39 is 5.30 Å². The molecular weight excluding hydrogens is 235 g/mol. The average molecular weight is 242 g/mol. The van der Waals surface area contributed by atoms with Gasteiger partial charge in [0.2, 0.25) is 0 Å². The van der Waals surface area contributed by atoms with Crippen LogP contribution in [0.4, 0.5) is 4.79 Å². The van der Waals surface area contributed by atoms with Gasteiger partial charge in [0.05, 0.1) is 0 Å². The molecule has 2 aromatic rings. The monoisotopic (exact) mass is 242 g/mol. The first-order chi connectivity index (χ1) is 7.18. The van der Waals surface area contributed by atoms with Crippen molar-refractivity contribution in [3.8, 4) is 5.75 Å². The minimum Gasteiger partial charge on any atom is -0.872 e. The molecule has 0 bridgehead atoms. The number of hydrogen-bond acceptors (Lipinski definition) is 3. The van der Waals surface area contributed by atoms with E-state index in [0.717, 1.165) is 0 Å². The number of carbonyl (C=O) groups is 1. The van der Waals surface area contributed by atoms with E-state index in [4.69, 9.17) is 5.11 Å². The minimum atomic E-state index is -0.973. The van der Waals surface area contributed by atoms with E-state index >= 15 is 0 Å². The predicted octanol–water partition coefficient (Wildman–Crippen LogP) is -0.312. The quantitative estimate of drug-likeness (QED) is 0.550. The molecule has 0 radical (unpaired) electrons. The second kappa shape index (κ2) is 5.59. The standard InChI is InChI=1S/C11H8O3S.Na/c12-9-5-6-10(15-11(13)14)8-4-2-1-3-7(8)9;/h1-6,12H,(H,13,14);/q;+1/p-1. The molecule has 0 unspecified atom stereocenters. The fourth-order valence-electron chi connectivity index (χ4n) is 1.43. The van der Waals surface area contributed by atoms with Gasteiger partial charge < -0.3 is 10.2 Å². The fraction of sp³-hybridized carbons (Fsp3) is 0. The van der Waals surface area contributed by atoms with Gasteiger partial charge in [-0.3, -0.25) is 0 Å². The molecule has 0 aliphatic rings. The molecule has 1 N–H and O–H groups in total. The van der Waals surface area contributed by atoms with Crippen molar-refractivity contribution in [1.29, 1.82) is 0 Å². The van der Waals surface area contributed by atoms with Gasteiger partial charge >= 0.3 is 34.9 Å². The topological polar surface area (TPSA) is 60.4 Å². The molecule has 0 heterocycles. The molecule has 5 heteroatoms. The Bertz CT molecular complexity index is 528. The first-order valence-corrected chi connectivity index (χ1v) is 5.09. The Labute approximate surface area is 119 Å². The molecule has 0 amide bonds. The van der Waals surface area contributed by atoms with Gasteiger partial charge in [-0.25, -0.2) is 4.79 Å². The molecule has 16 heavy (non-hydrogen) atoms. The summed E-state index contributed by atoms with van der Waals surface area (Å²) >= 11 is 0.714. The van der Waals surface area contributed by atoms with Crippen LogP contribution in [0.25, 0.3) is 10.8 Å². The number of hydrogen-bond donors (Lipinski definition) is 1. The van der Waals surface area contributed by atoms with E-state index in [1.807, 2.05) is 0 Å². The minimum absolute atomic E-state index is 0. The van der Waals surface area contributed by atoms with Crippen LogP contribution in [0.15, 0.2) is 41.3 Å². The fourth-order valence-corrected chi connectivity index (χ4v) is 2.04. The summed E-state index contributed by atoms with van der Waals surface area (Å²) in [6.07, 6.45) is 0. The zero-order chi connectivity index (χ0) is 10.8. The van der Waals surface area contributed by atoms with Gasteiger partial charge in [0, 0.05) is 4.90 Å². The Morgan fingerprint density at radius 1 is 1.12 bits per heavy atom. The molecule has 0 atom stereocenters. The van der Waals surface area contributed by atoms with E-state index in [1.165, 1.54) is 6.07 Å². The first-order valence-electron chi connectivity index (χ1n) is 4.28. The van der Waals surface area contributed by atoms with E-state index in [2.05, 4.69) is 0 Å². The van der Waals surface area contributed by atoms with E-state index in [0.29, 0.717) is 27.4 Å². The molecule has 0 aromatic heterocycles. The van der Waals surface area contributed by atoms with Crippen LogP contribution in [-0.2, 0) is 0 Å². The zero-order valence-electron chi connectivity index (χ0n) is 8.64. The molecule has 2 rings (SSSR count). The number of carboxylic acid groups (broad SMARTS) is 1. The first kappa shape index (κ1) is 13.4. The maximum atomic E-state index is 11.5. The van der Waals surface area contributed by atoms with Gasteiger partial charge in [0.15, 0.2) is 0 Å². The molecule has 0 aliphatic heterocycles. The molecule has 0 saturated heterocycles. The molecule has 2 aromatic carbocycles. The van der Waals surface area contributed by atoms with E-state index in [-0.39, 0.29) is 35.3 Å². The van der Waals surface area contributed by atoms with Crippen LogP contribution in [0.3, 0.4) is 0 Å². The maximum Gasteiger partial charge on any atom is 1.00 e. The molecule has 0 fully saturated rings. The number of fused-ring (bicyclic) bond motifs is 1. The van der Waals surface area contributed by atoms with Crippen LogP contribution in [0.2, 0.25) is 0 Å². The van der Waals surface area contributed by atoms with Crippen molar-refractivity contribution in [3.05, 3.63) is 36.4 Å². The molecule has 76 valence electrons. The Hall–Kier alpha value is -0.680. The average Bonchev–Trinajstić information content (AvgIpc) is 2.22. The van der Waals surface area contributed by atoms with Crippen molar-refractivity contribution in [2.24, 2.45) is 0 Å². The van der Waals surface area contributed by atoms with E-state index in [9.17, 15) is 9.90 Å². The number of rotatable bonds is 1. The summed E-state index contributed by atoms with van der Waals surface area (Å²) in [6.45, 7) is 0. The zero-order valence-corrected chi connectivity index (χ0v) is 11.5. The summed E-state index contributed by atoms with van der Waals surface area (Å²) in [6, 6.07) is 9.94. The Morgan fingerprint density at radius 3 is 2.38 bits per heavy atom. The summed E-state index contributed by atoms with van der Waals surface area (Å²) in [5.74, 6) is -0.0830. The summed E-state index contributed by atoms with van der Waals surface area (Å²) in [7, 11) is 0. The molecule has 0 aliphatic carbocycles. The van der Waals surface area contributed by atoms with Crippen molar-refractivity contribution >= 4 is 27.8 Å². The van der Waals surface area contributed by atoms with Gasteiger partial charge in [0.1, 0.15) is 0 Å². The Morgan fingerprint density at radius 2 is 1.75 bits per heavy atom. The summed E-state index contributed by atoms with van der Waals surface area (Å²) in [5.41, 5.74) is 0. The largest absolute Gasteiger partial charge is 1.00 e. The molecule has 0 spiro atoms. The van der Waals surface area contributed by atoms with Gasteiger partial charge in [-0.15, -0.1) is 5.75 Å². The van der Waals surface area contributed by atoms with Crippen LogP contribution in [0.5, 0.6) is 5.75 Å². The normalized spacial score (nSPS) is 9.75. The van der Waals surface area contributed by atoms with Crippen molar-refractivity contribution in [2.45, 2.75) is 4.90 Å². The van der Waals surface area contributed by atoms with Crippen LogP contribution in [-0.4, -0.2) is 10.4 Å². The van der Waals surface area contributed by atoms with Crippen LogP contribution in [0.1, 0.15) is 0 Å². The van der Waals surface area contributed by atoms with Gasteiger partial charge in [-0.05, 0) is 28.6 Å². The van der Waals surface area contributed by atoms with Crippen molar-refractivity contribution < 1.29 is 44.6 Å². The molecule has 3 nitrogen and oxygen atoms in total. The number of thioether (sulfide) groups is 1. The molecule has 0 saturated carbocycles. The van der Waals surface area contributed by atoms with Crippen LogP contribution >= 0.6 is 11.8 Å². The van der Waals surface area contributed by atoms with Crippen molar-refractivity contribution in [2.75, 3.05) is 0 Å². The SMILES string of the molecule is O=C(O)Sc1ccc([O-])c2ccccc12.[Na+]. The van der Waals surface area contributed by atoms with Gasteiger partial charge in [-0.2, -0.15) is 0 Å². The van der Waals surface area contributed by atoms with Crippen molar-refractivity contribution in [1.82, 2.24) is 0 Å². The second-order valence-corrected chi connectivity index (χ2v) is 3.97. The van der Waals surface area contributed by atoms with Gasteiger partial charge in [0.25, 0.3) is 0 Å². The Kier molecular flexibility index (Phi) is 4.68. The third kappa shape index (κ3) is 2.71. The maximum absolute atomic E-state index is 11.5. The third-order valence-electron chi connectivity index (χ3n) is 2.04. The van der Waals surface area contributed by atoms with Crippen LogP contribution in [0, 0.1) is 0 Å². The van der Waals surface area contributed by atoms with Crippen molar-refractivity contribution in [3.63, 3.8) is 0 Å². The summed E-state index contributed by atoms with van der Waals surface area (Å²) in [5, 5.41) is 20.4. The summed E-state index contributed by atoms with van der Waals surface area (Å²) < 4.78 is 0. The third-order valence-corrected chi connectivity index (χ3v) is 2.79. The smallest absolute Gasteiger partial charge is 0.872 e. The Balaban J connectivity index is 0.00000128. The predicted molar refractivity (Wildman–Crippen MR) is 57.3 cm³/mol. The number of benzene rings is 2. The molecular formula is C11H7NaO3S. The van der Waals surface area contributed by atoms with Crippen LogP contribution < -0.4 is 34.7 Å². The summed E-state index contributed by atoms with van der Waals surface area (Å²) in [4.78, 5) is 11.2. The second-order valence-electron chi connectivity index (χ2n) is 2.98. The van der Waals surface area contributed by atoms with Gasteiger partial charge in [-0.1, -0.05) is 30.3 Å².